The third kappa shape index (κ3) is 8.89. The standard InChI is InChI=1S/C28H47N5O3/c1-7-16-30-19-24(34)32(18-15-22-12-9-8-10-13-22)20-23-14-11-17-33(23)27(36)25(28(3,4)5)31-26(35)21(2)29-6/h8-10,12-13,21,23,25,29-30H,7,11,14-20H2,1-6H3,(H,31,35)/t21-,23-,25+/m0/s1. The van der Waals surface area contributed by atoms with Gasteiger partial charge in [-0.1, -0.05) is 58.0 Å². The fraction of sp³-hybridized carbons (Fsp3) is 0.679. The molecule has 8 nitrogen and oxygen atoms in total. The molecule has 1 saturated heterocycles. The lowest BCUT2D eigenvalue weighted by molar-refractivity contribution is -0.142. The number of amides is 3. The van der Waals surface area contributed by atoms with Crippen molar-refractivity contribution in [2.75, 3.05) is 39.8 Å². The third-order valence-electron chi connectivity index (χ3n) is 6.89. The molecule has 3 amide bonds. The van der Waals surface area contributed by atoms with Gasteiger partial charge in [0, 0.05) is 25.7 Å². The summed E-state index contributed by atoms with van der Waals surface area (Å²) in [7, 11) is 1.73. The van der Waals surface area contributed by atoms with Gasteiger partial charge in [-0.15, -0.1) is 0 Å². The minimum absolute atomic E-state index is 0.0576. The molecule has 2 rings (SSSR count). The number of carbonyl (C=O) groups excluding carboxylic acids is 3. The van der Waals surface area contributed by atoms with E-state index >= 15 is 0 Å². The Kier molecular flexibility index (Phi) is 11.9. The molecule has 1 heterocycles. The van der Waals surface area contributed by atoms with Gasteiger partial charge in [-0.25, -0.2) is 0 Å². The van der Waals surface area contributed by atoms with Crippen LogP contribution in [0.2, 0.25) is 0 Å². The lowest BCUT2D eigenvalue weighted by Gasteiger charge is -2.37. The zero-order valence-electron chi connectivity index (χ0n) is 23.1. The van der Waals surface area contributed by atoms with Crippen LogP contribution in [0.5, 0.6) is 0 Å². The van der Waals surface area contributed by atoms with Gasteiger partial charge in [0.2, 0.25) is 17.7 Å². The number of hydrogen-bond donors (Lipinski definition) is 3. The van der Waals surface area contributed by atoms with Crippen molar-refractivity contribution in [2.45, 2.75) is 78.4 Å². The van der Waals surface area contributed by atoms with Crippen molar-refractivity contribution < 1.29 is 14.4 Å². The third-order valence-corrected chi connectivity index (χ3v) is 6.89. The van der Waals surface area contributed by atoms with Crippen molar-refractivity contribution >= 4 is 17.7 Å². The van der Waals surface area contributed by atoms with Gasteiger partial charge in [-0.2, -0.15) is 0 Å². The molecule has 36 heavy (non-hydrogen) atoms. The number of likely N-dealkylation sites (tertiary alicyclic amines) is 1. The van der Waals surface area contributed by atoms with Crippen LogP contribution >= 0.6 is 0 Å². The summed E-state index contributed by atoms with van der Waals surface area (Å²) in [5.41, 5.74) is 0.741. The summed E-state index contributed by atoms with van der Waals surface area (Å²) in [4.78, 5) is 43.3. The number of nitrogens with one attached hydrogen (secondary N) is 3. The second kappa shape index (κ2) is 14.3. The second-order valence-corrected chi connectivity index (χ2v) is 10.9. The molecule has 1 aliphatic heterocycles. The van der Waals surface area contributed by atoms with Gasteiger partial charge in [0.1, 0.15) is 6.04 Å². The number of hydrogen-bond acceptors (Lipinski definition) is 5. The largest absolute Gasteiger partial charge is 0.342 e. The molecule has 0 bridgehead atoms. The molecule has 0 radical (unpaired) electrons. The SMILES string of the molecule is CCCNCC(=O)N(CCc1ccccc1)C[C@@H]1CCCN1C(=O)[C@@H](NC(=O)[C@H](C)NC)C(C)(C)C. The summed E-state index contributed by atoms with van der Waals surface area (Å²) in [5, 5.41) is 9.14. The Morgan fingerprint density at radius 2 is 1.86 bits per heavy atom. The van der Waals surface area contributed by atoms with E-state index in [-0.39, 0.29) is 23.8 Å². The first-order valence-electron chi connectivity index (χ1n) is 13.4. The summed E-state index contributed by atoms with van der Waals surface area (Å²) in [6, 6.07) is 9.07. The Morgan fingerprint density at radius 1 is 1.17 bits per heavy atom. The fourth-order valence-electron chi connectivity index (χ4n) is 4.49. The van der Waals surface area contributed by atoms with Crippen molar-refractivity contribution in [1.82, 2.24) is 25.8 Å². The normalized spacial score (nSPS) is 17.5. The highest BCUT2D eigenvalue weighted by Crippen LogP contribution is 2.26. The second-order valence-electron chi connectivity index (χ2n) is 10.9. The van der Waals surface area contributed by atoms with E-state index in [1.807, 2.05) is 48.8 Å². The van der Waals surface area contributed by atoms with Crippen LogP contribution in [0.3, 0.4) is 0 Å². The molecule has 3 atom stereocenters. The fourth-order valence-corrected chi connectivity index (χ4v) is 4.49. The van der Waals surface area contributed by atoms with E-state index < -0.39 is 17.5 Å². The van der Waals surface area contributed by atoms with E-state index in [9.17, 15) is 14.4 Å². The Hall–Kier alpha value is -2.45. The lowest BCUT2D eigenvalue weighted by atomic mass is 9.85. The number of benzene rings is 1. The summed E-state index contributed by atoms with van der Waals surface area (Å²) >= 11 is 0. The van der Waals surface area contributed by atoms with Gasteiger partial charge in [0.15, 0.2) is 0 Å². The zero-order valence-corrected chi connectivity index (χ0v) is 23.1. The van der Waals surface area contributed by atoms with Crippen LogP contribution in [0, 0.1) is 5.41 Å². The van der Waals surface area contributed by atoms with E-state index in [2.05, 4.69) is 35.0 Å². The van der Waals surface area contributed by atoms with Crippen LogP contribution in [0.4, 0.5) is 0 Å². The molecule has 1 aromatic rings. The summed E-state index contributed by atoms with van der Waals surface area (Å²) < 4.78 is 0. The Balaban J connectivity index is 2.16. The van der Waals surface area contributed by atoms with Gasteiger partial charge in [-0.3, -0.25) is 14.4 Å². The zero-order chi connectivity index (χ0) is 26.7. The molecule has 0 spiro atoms. The van der Waals surface area contributed by atoms with Crippen LogP contribution in [0.25, 0.3) is 0 Å². The molecule has 202 valence electrons. The minimum atomic E-state index is -0.638. The number of rotatable bonds is 13. The van der Waals surface area contributed by atoms with Crippen LogP contribution in [0.1, 0.15) is 59.4 Å². The predicted octanol–water partition coefficient (Wildman–Crippen LogP) is 2.19. The van der Waals surface area contributed by atoms with E-state index in [1.165, 1.54) is 5.56 Å². The van der Waals surface area contributed by atoms with Crippen molar-refractivity contribution in [1.29, 1.82) is 0 Å². The average molecular weight is 502 g/mol. The predicted molar refractivity (Wildman–Crippen MR) is 145 cm³/mol. The first-order chi connectivity index (χ1) is 17.1. The highest BCUT2D eigenvalue weighted by atomic mass is 16.2. The topological polar surface area (TPSA) is 93.8 Å². The van der Waals surface area contributed by atoms with Crippen LogP contribution in [-0.2, 0) is 20.8 Å². The molecular formula is C28H47N5O3. The van der Waals surface area contributed by atoms with Gasteiger partial charge >= 0.3 is 0 Å². The molecule has 0 aromatic heterocycles. The minimum Gasteiger partial charge on any atom is -0.342 e. The maximum absolute atomic E-state index is 13.8. The Labute approximate surface area is 217 Å². The van der Waals surface area contributed by atoms with Crippen molar-refractivity contribution in [3.8, 4) is 0 Å². The first-order valence-corrected chi connectivity index (χ1v) is 13.4. The molecule has 1 fully saturated rings. The van der Waals surface area contributed by atoms with Crippen molar-refractivity contribution in [2.24, 2.45) is 5.41 Å². The van der Waals surface area contributed by atoms with Gasteiger partial charge in [0.05, 0.1) is 12.6 Å². The molecule has 0 unspecified atom stereocenters. The van der Waals surface area contributed by atoms with Gasteiger partial charge in [-0.05, 0) is 57.2 Å². The molecule has 1 aromatic carbocycles. The number of carbonyl (C=O) groups is 3. The van der Waals surface area contributed by atoms with Gasteiger partial charge < -0.3 is 25.8 Å². The van der Waals surface area contributed by atoms with Crippen molar-refractivity contribution in [3.05, 3.63) is 35.9 Å². The van der Waals surface area contributed by atoms with Gasteiger partial charge in [0.25, 0.3) is 0 Å². The monoisotopic (exact) mass is 501 g/mol. The number of nitrogens with zero attached hydrogens (tertiary/aromatic N) is 2. The molecule has 0 saturated carbocycles. The molecule has 0 aliphatic carbocycles. The van der Waals surface area contributed by atoms with E-state index in [0.29, 0.717) is 26.2 Å². The number of likely N-dealkylation sites (N-methyl/N-ethyl adjacent to an activating group) is 1. The van der Waals surface area contributed by atoms with Crippen LogP contribution < -0.4 is 16.0 Å². The summed E-state index contributed by atoms with van der Waals surface area (Å²) in [6.07, 6.45) is 3.47. The summed E-state index contributed by atoms with van der Waals surface area (Å²) in [5.74, 6) is -0.202. The Bertz CT molecular complexity index is 839. The molecule has 8 heteroatoms. The summed E-state index contributed by atoms with van der Waals surface area (Å²) in [6.45, 7) is 12.6. The van der Waals surface area contributed by atoms with Crippen molar-refractivity contribution in [3.63, 3.8) is 0 Å². The highest BCUT2D eigenvalue weighted by molar-refractivity contribution is 5.90. The van der Waals surface area contributed by atoms with E-state index in [0.717, 1.165) is 32.2 Å². The molecule has 1 aliphatic rings. The molecule has 3 N–H and O–H groups in total. The quantitative estimate of drug-likeness (QED) is 0.360. The van der Waals surface area contributed by atoms with Crippen LogP contribution in [0.15, 0.2) is 30.3 Å². The smallest absolute Gasteiger partial charge is 0.246 e. The Morgan fingerprint density at radius 3 is 2.47 bits per heavy atom. The van der Waals surface area contributed by atoms with E-state index in [1.54, 1.807) is 14.0 Å². The molecular weight excluding hydrogens is 454 g/mol. The highest BCUT2D eigenvalue weighted by Gasteiger charge is 2.40. The first kappa shape index (κ1) is 29.8. The van der Waals surface area contributed by atoms with E-state index in [4.69, 9.17) is 0 Å². The lowest BCUT2D eigenvalue weighted by Crippen LogP contribution is -2.59. The average Bonchev–Trinajstić information content (AvgIpc) is 3.32. The maximum Gasteiger partial charge on any atom is 0.246 e. The maximum atomic E-state index is 13.8. The van der Waals surface area contributed by atoms with Crippen LogP contribution in [-0.4, -0.2) is 85.4 Å².